The van der Waals surface area contributed by atoms with Crippen molar-refractivity contribution >= 4 is 5.97 Å². The quantitative estimate of drug-likeness (QED) is 0.910. The van der Waals surface area contributed by atoms with Crippen molar-refractivity contribution in [3.63, 3.8) is 0 Å². The van der Waals surface area contributed by atoms with Crippen LogP contribution in [0.25, 0.3) is 0 Å². The lowest BCUT2D eigenvalue weighted by Crippen LogP contribution is -2.16. The standard InChI is InChI=1S/C16H15FO3/c1-20-12-6-4-5-11(9-12)10-14(16(18)19)13-7-2-3-8-15(13)17/h2-9,14H,10H2,1H3,(H,18,19). The molecule has 0 heterocycles. The van der Waals surface area contributed by atoms with E-state index in [1.165, 1.54) is 12.1 Å². The van der Waals surface area contributed by atoms with E-state index in [9.17, 15) is 14.3 Å². The Morgan fingerprint density at radius 3 is 2.65 bits per heavy atom. The van der Waals surface area contributed by atoms with Crippen LogP contribution in [0.4, 0.5) is 4.39 Å². The van der Waals surface area contributed by atoms with Crippen molar-refractivity contribution in [1.82, 2.24) is 0 Å². The summed E-state index contributed by atoms with van der Waals surface area (Å²) in [5, 5.41) is 9.34. The highest BCUT2D eigenvalue weighted by atomic mass is 19.1. The van der Waals surface area contributed by atoms with Gasteiger partial charge in [0.2, 0.25) is 0 Å². The molecule has 0 aliphatic rings. The minimum atomic E-state index is -1.04. The van der Waals surface area contributed by atoms with E-state index in [0.717, 1.165) is 5.56 Å². The molecule has 3 nitrogen and oxygen atoms in total. The molecule has 0 aliphatic heterocycles. The summed E-state index contributed by atoms with van der Waals surface area (Å²) in [6.07, 6.45) is 0.216. The highest BCUT2D eigenvalue weighted by Crippen LogP contribution is 2.25. The number of benzene rings is 2. The molecule has 0 aliphatic carbocycles. The molecule has 20 heavy (non-hydrogen) atoms. The van der Waals surface area contributed by atoms with Gasteiger partial charge in [0, 0.05) is 5.56 Å². The van der Waals surface area contributed by atoms with Crippen molar-refractivity contribution in [2.24, 2.45) is 0 Å². The van der Waals surface area contributed by atoms with Crippen LogP contribution in [0.15, 0.2) is 48.5 Å². The summed E-state index contributed by atoms with van der Waals surface area (Å²) < 4.78 is 18.9. The molecule has 0 fully saturated rings. The first-order chi connectivity index (χ1) is 9.61. The molecule has 0 saturated carbocycles. The summed E-state index contributed by atoms with van der Waals surface area (Å²) in [6.45, 7) is 0. The van der Waals surface area contributed by atoms with Crippen molar-refractivity contribution < 1.29 is 19.0 Å². The molecular formula is C16H15FO3. The van der Waals surface area contributed by atoms with Gasteiger partial charge in [-0.05, 0) is 30.2 Å². The van der Waals surface area contributed by atoms with Gasteiger partial charge in [0.15, 0.2) is 0 Å². The van der Waals surface area contributed by atoms with Crippen molar-refractivity contribution in [1.29, 1.82) is 0 Å². The largest absolute Gasteiger partial charge is 0.497 e. The Labute approximate surface area is 116 Å². The molecule has 2 aromatic rings. The summed E-state index contributed by atoms with van der Waals surface area (Å²) in [7, 11) is 1.55. The summed E-state index contributed by atoms with van der Waals surface area (Å²) in [4.78, 5) is 11.4. The molecule has 104 valence electrons. The average Bonchev–Trinajstić information content (AvgIpc) is 2.45. The van der Waals surface area contributed by atoms with Crippen LogP contribution in [-0.4, -0.2) is 18.2 Å². The minimum absolute atomic E-state index is 0.197. The number of aliphatic carboxylic acids is 1. The van der Waals surface area contributed by atoms with E-state index in [-0.39, 0.29) is 12.0 Å². The maximum Gasteiger partial charge on any atom is 0.311 e. The molecule has 0 amide bonds. The summed E-state index contributed by atoms with van der Waals surface area (Å²) >= 11 is 0. The van der Waals surface area contributed by atoms with Crippen molar-refractivity contribution in [3.8, 4) is 5.75 Å². The highest BCUT2D eigenvalue weighted by Gasteiger charge is 2.23. The molecule has 1 N–H and O–H groups in total. The fourth-order valence-electron chi connectivity index (χ4n) is 2.12. The molecule has 1 atom stereocenters. The van der Waals surface area contributed by atoms with E-state index in [2.05, 4.69) is 0 Å². The van der Waals surface area contributed by atoms with Gasteiger partial charge in [0.05, 0.1) is 13.0 Å². The molecule has 2 rings (SSSR count). The number of hydrogen-bond donors (Lipinski definition) is 1. The molecule has 0 bridgehead atoms. The number of ether oxygens (including phenoxy) is 1. The van der Waals surface area contributed by atoms with E-state index in [1.54, 1.807) is 43.5 Å². The maximum absolute atomic E-state index is 13.8. The van der Waals surface area contributed by atoms with Gasteiger partial charge in [0.25, 0.3) is 0 Å². The van der Waals surface area contributed by atoms with Gasteiger partial charge in [-0.1, -0.05) is 30.3 Å². The first-order valence-corrected chi connectivity index (χ1v) is 6.22. The average molecular weight is 274 g/mol. The van der Waals surface area contributed by atoms with E-state index >= 15 is 0 Å². The fourth-order valence-corrected chi connectivity index (χ4v) is 2.12. The molecular weight excluding hydrogens is 259 g/mol. The summed E-state index contributed by atoms with van der Waals surface area (Å²) in [5.74, 6) is -1.80. The molecule has 0 radical (unpaired) electrons. The Hall–Kier alpha value is -2.36. The SMILES string of the molecule is COc1cccc(CC(C(=O)O)c2ccccc2F)c1. The van der Waals surface area contributed by atoms with Crippen LogP contribution >= 0.6 is 0 Å². The summed E-state index contributed by atoms with van der Waals surface area (Å²) in [6, 6.07) is 13.1. The first kappa shape index (κ1) is 14.1. The maximum atomic E-state index is 13.8. The number of rotatable bonds is 5. The number of carboxylic acids is 1. The zero-order valence-electron chi connectivity index (χ0n) is 11.0. The van der Waals surface area contributed by atoms with E-state index in [0.29, 0.717) is 5.75 Å². The Bertz CT molecular complexity index is 610. The molecule has 4 heteroatoms. The predicted molar refractivity (Wildman–Crippen MR) is 73.5 cm³/mol. The molecule has 0 spiro atoms. The van der Waals surface area contributed by atoms with Crippen molar-refractivity contribution in [2.75, 3.05) is 7.11 Å². The second-order valence-electron chi connectivity index (χ2n) is 4.47. The van der Waals surface area contributed by atoms with E-state index in [4.69, 9.17) is 4.74 Å². The Balaban J connectivity index is 2.31. The molecule has 0 saturated heterocycles. The van der Waals surface area contributed by atoms with Crippen LogP contribution in [0.1, 0.15) is 17.0 Å². The highest BCUT2D eigenvalue weighted by molar-refractivity contribution is 5.76. The lowest BCUT2D eigenvalue weighted by atomic mass is 9.91. The van der Waals surface area contributed by atoms with Gasteiger partial charge in [0.1, 0.15) is 11.6 Å². The van der Waals surface area contributed by atoms with E-state index in [1.807, 2.05) is 0 Å². The molecule has 1 unspecified atom stereocenters. The van der Waals surface area contributed by atoms with Crippen LogP contribution in [0.3, 0.4) is 0 Å². The number of methoxy groups -OCH3 is 1. The van der Waals surface area contributed by atoms with Gasteiger partial charge in [-0.3, -0.25) is 4.79 Å². The van der Waals surface area contributed by atoms with Gasteiger partial charge in [-0.15, -0.1) is 0 Å². The number of carboxylic acid groups (broad SMARTS) is 1. The van der Waals surface area contributed by atoms with Crippen LogP contribution in [0.2, 0.25) is 0 Å². The third kappa shape index (κ3) is 3.15. The number of halogens is 1. The van der Waals surface area contributed by atoms with Crippen LogP contribution in [-0.2, 0) is 11.2 Å². The molecule has 0 aromatic heterocycles. The normalized spacial score (nSPS) is 11.9. The lowest BCUT2D eigenvalue weighted by molar-refractivity contribution is -0.138. The Morgan fingerprint density at radius 2 is 2.00 bits per heavy atom. The zero-order chi connectivity index (χ0) is 14.5. The Kier molecular flexibility index (Phi) is 4.35. The van der Waals surface area contributed by atoms with Gasteiger partial charge in [-0.2, -0.15) is 0 Å². The monoisotopic (exact) mass is 274 g/mol. The smallest absolute Gasteiger partial charge is 0.311 e. The van der Waals surface area contributed by atoms with Crippen LogP contribution < -0.4 is 4.74 Å². The first-order valence-electron chi connectivity index (χ1n) is 6.22. The molecule has 2 aromatic carbocycles. The number of carbonyl (C=O) groups is 1. The van der Waals surface area contributed by atoms with Crippen molar-refractivity contribution in [3.05, 3.63) is 65.5 Å². The van der Waals surface area contributed by atoms with E-state index < -0.39 is 17.7 Å². The topological polar surface area (TPSA) is 46.5 Å². The zero-order valence-corrected chi connectivity index (χ0v) is 11.0. The van der Waals surface area contributed by atoms with Crippen LogP contribution in [0, 0.1) is 5.82 Å². The third-order valence-electron chi connectivity index (χ3n) is 3.15. The van der Waals surface area contributed by atoms with Gasteiger partial charge in [-0.25, -0.2) is 4.39 Å². The second-order valence-corrected chi connectivity index (χ2v) is 4.47. The Morgan fingerprint density at radius 1 is 1.25 bits per heavy atom. The predicted octanol–water partition coefficient (Wildman–Crippen LogP) is 3.25. The minimum Gasteiger partial charge on any atom is -0.497 e. The summed E-state index contributed by atoms with van der Waals surface area (Å²) in [5.41, 5.74) is 0.989. The second kappa shape index (κ2) is 6.19. The number of hydrogen-bond acceptors (Lipinski definition) is 2. The lowest BCUT2D eigenvalue weighted by Gasteiger charge is -2.14. The third-order valence-corrected chi connectivity index (χ3v) is 3.15. The van der Waals surface area contributed by atoms with Crippen LogP contribution in [0.5, 0.6) is 5.75 Å². The fraction of sp³-hybridized carbons (Fsp3) is 0.188. The van der Waals surface area contributed by atoms with Gasteiger partial charge >= 0.3 is 5.97 Å². The van der Waals surface area contributed by atoms with Crippen molar-refractivity contribution in [2.45, 2.75) is 12.3 Å². The van der Waals surface area contributed by atoms with Gasteiger partial charge < -0.3 is 9.84 Å².